The van der Waals surface area contributed by atoms with Crippen molar-refractivity contribution in [3.8, 4) is 0 Å². The van der Waals surface area contributed by atoms with Gasteiger partial charge >= 0.3 is 0 Å². The molecule has 0 bridgehead atoms. The van der Waals surface area contributed by atoms with Gasteiger partial charge in [-0.25, -0.2) is 13.8 Å². The highest BCUT2D eigenvalue weighted by molar-refractivity contribution is 6.33. The summed E-state index contributed by atoms with van der Waals surface area (Å²) in [6.07, 6.45) is 1.30. The molecular formula is C17H14ClF2N3O. The number of hydrogen-bond acceptors (Lipinski definition) is 2. The van der Waals surface area contributed by atoms with Gasteiger partial charge in [0.25, 0.3) is 5.91 Å². The fourth-order valence-corrected chi connectivity index (χ4v) is 2.61. The Morgan fingerprint density at radius 3 is 2.75 bits per heavy atom. The SMILES string of the molecule is O=C(NCCCc1nc2ccccc2[nH]1)c1cc(F)c(F)cc1Cl. The standard InChI is InChI=1S/C17H14ClF2N3O/c18-11-9-13(20)12(19)8-10(11)17(24)21-7-3-6-16-22-14-4-1-2-5-15(14)23-16/h1-2,4-5,8-9H,3,6-7H2,(H,21,24)(H,22,23). The average molecular weight is 350 g/mol. The van der Waals surface area contributed by atoms with Gasteiger partial charge in [-0.2, -0.15) is 0 Å². The molecule has 1 heterocycles. The van der Waals surface area contributed by atoms with E-state index < -0.39 is 17.5 Å². The van der Waals surface area contributed by atoms with Crippen molar-refractivity contribution in [3.63, 3.8) is 0 Å². The molecule has 0 atom stereocenters. The van der Waals surface area contributed by atoms with E-state index in [0.717, 1.165) is 29.0 Å². The topological polar surface area (TPSA) is 57.8 Å². The van der Waals surface area contributed by atoms with Crippen LogP contribution in [-0.2, 0) is 6.42 Å². The first-order valence-electron chi connectivity index (χ1n) is 7.41. The molecule has 1 amide bonds. The number of halogens is 3. The summed E-state index contributed by atoms with van der Waals surface area (Å²) in [5.41, 5.74) is 1.77. The van der Waals surface area contributed by atoms with Crippen LogP contribution in [0.2, 0.25) is 5.02 Å². The lowest BCUT2D eigenvalue weighted by molar-refractivity contribution is 0.0952. The highest BCUT2D eigenvalue weighted by Crippen LogP contribution is 2.20. The van der Waals surface area contributed by atoms with E-state index in [0.29, 0.717) is 19.4 Å². The molecule has 0 fully saturated rings. The number of nitrogens with zero attached hydrogens (tertiary/aromatic N) is 1. The van der Waals surface area contributed by atoms with E-state index in [1.54, 1.807) is 0 Å². The Kier molecular flexibility index (Phi) is 4.76. The Labute approximate surface area is 141 Å². The summed E-state index contributed by atoms with van der Waals surface area (Å²) in [7, 11) is 0. The lowest BCUT2D eigenvalue weighted by Gasteiger charge is -2.07. The summed E-state index contributed by atoms with van der Waals surface area (Å²) >= 11 is 5.77. The number of fused-ring (bicyclic) bond motifs is 1. The molecule has 124 valence electrons. The number of rotatable bonds is 5. The largest absolute Gasteiger partial charge is 0.352 e. The molecule has 2 N–H and O–H groups in total. The minimum atomic E-state index is -1.10. The van der Waals surface area contributed by atoms with E-state index in [1.165, 1.54) is 0 Å². The molecule has 0 aliphatic rings. The number of nitrogens with one attached hydrogen (secondary N) is 2. The minimum absolute atomic E-state index is 0.0840. The predicted octanol–water partition coefficient (Wildman–Crippen LogP) is 3.86. The van der Waals surface area contributed by atoms with Gasteiger partial charge in [0.15, 0.2) is 11.6 Å². The Balaban J connectivity index is 1.54. The molecule has 3 aromatic rings. The average Bonchev–Trinajstić information content (AvgIpc) is 2.97. The van der Waals surface area contributed by atoms with Gasteiger partial charge in [-0.05, 0) is 30.7 Å². The molecule has 0 aliphatic heterocycles. The number of benzene rings is 2. The summed E-state index contributed by atoms with van der Waals surface area (Å²) in [6.45, 7) is 0.366. The highest BCUT2D eigenvalue weighted by Gasteiger charge is 2.14. The molecule has 0 spiro atoms. The van der Waals surface area contributed by atoms with Crippen LogP contribution in [-0.4, -0.2) is 22.4 Å². The molecule has 2 aromatic carbocycles. The quantitative estimate of drug-likeness (QED) is 0.543. The number of aryl methyl sites for hydroxylation is 1. The zero-order valence-electron chi connectivity index (χ0n) is 12.6. The first kappa shape index (κ1) is 16.4. The molecule has 0 saturated carbocycles. The van der Waals surface area contributed by atoms with Crippen LogP contribution < -0.4 is 5.32 Å². The minimum Gasteiger partial charge on any atom is -0.352 e. The number of amides is 1. The highest BCUT2D eigenvalue weighted by atomic mass is 35.5. The number of imidazole rings is 1. The van der Waals surface area contributed by atoms with Crippen molar-refractivity contribution in [2.45, 2.75) is 12.8 Å². The van der Waals surface area contributed by atoms with E-state index in [4.69, 9.17) is 11.6 Å². The van der Waals surface area contributed by atoms with Crippen molar-refractivity contribution in [1.82, 2.24) is 15.3 Å². The number of hydrogen-bond donors (Lipinski definition) is 2. The van der Waals surface area contributed by atoms with Crippen molar-refractivity contribution in [3.05, 3.63) is 64.4 Å². The molecule has 0 radical (unpaired) electrons. The molecule has 24 heavy (non-hydrogen) atoms. The van der Waals surface area contributed by atoms with Crippen molar-refractivity contribution in [1.29, 1.82) is 0 Å². The van der Waals surface area contributed by atoms with Crippen molar-refractivity contribution in [2.24, 2.45) is 0 Å². The maximum Gasteiger partial charge on any atom is 0.252 e. The third kappa shape index (κ3) is 3.54. The molecule has 7 heteroatoms. The molecule has 0 saturated heterocycles. The second-order valence-electron chi connectivity index (χ2n) is 5.31. The lowest BCUT2D eigenvalue weighted by Crippen LogP contribution is -2.25. The number of H-pyrrole nitrogens is 1. The smallest absolute Gasteiger partial charge is 0.252 e. The van der Waals surface area contributed by atoms with Gasteiger partial charge in [0.1, 0.15) is 5.82 Å². The predicted molar refractivity (Wildman–Crippen MR) is 88.1 cm³/mol. The lowest BCUT2D eigenvalue weighted by atomic mass is 10.2. The normalized spacial score (nSPS) is 11.0. The van der Waals surface area contributed by atoms with Gasteiger partial charge in [-0.15, -0.1) is 0 Å². The molecule has 0 unspecified atom stereocenters. The fourth-order valence-electron chi connectivity index (χ4n) is 2.37. The third-order valence-corrected chi connectivity index (χ3v) is 3.88. The van der Waals surface area contributed by atoms with Crippen LogP contribution in [0.15, 0.2) is 36.4 Å². The second-order valence-corrected chi connectivity index (χ2v) is 5.71. The Hall–Kier alpha value is -2.47. The van der Waals surface area contributed by atoms with Crippen molar-refractivity contribution >= 4 is 28.5 Å². The van der Waals surface area contributed by atoms with Gasteiger partial charge in [-0.3, -0.25) is 4.79 Å². The van der Waals surface area contributed by atoms with Gasteiger partial charge in [0.05, 0.1) is 21.6 Å². The van der Waals surface area contributed by atoms with Crippen LogP contribution in [0.4, 0.5) is 8.78 Å². The summed E-state index contributed by atoms with van der Waals surface area (Å²) in [5, 5.41) is 2.51. The molecular weight excluding hydrogens is 336 g/mol. The maximum atomic E-state index is 13.2. The van der Waals surface area contributed by atoms with E-state index >= 15 is 0 Å². The zero-order chi connectivity index (χ0) is 17.1. The maximum absolute atomic E-state index is 13.2. The Morgan fingerprint density at radius 1 is 1.21 bits per heavy atom. The second kappa shape index (κ2) is 6.97. The van der Waals surface area contributed by atoms with Gasteiger partial charge < -0.3 is 10.3 Å². The number of carbonyl (C=O) groups excluding carboxylic acids is 1. The molecule has 3 rings (SSSR count). The van der Waals surface area contributed by atoms with Crippen LogP contribution in [0.1, 0.15) is 22.6 Å². The molecule has 4 nitrogen and oxygen atoms in total. The zero-order valence-corrected chi connectivity index (χ0v) is 13.3. The fraction of sp³-hybridized carbons (Fsp3) is 0.176. The van der Waals surface area contributed by atoms with E-state index in [1.807, 2.05) is 24.3 Å². The first-order valence-corrected chi connectivity index (χ1v) is 7.79. The van der Waals surface area contributed by atoms with E-state index in [2.05, 4.69) is 15.3 Å². The molecule has 1 aromatic heterocycles. The third-order valence-electron chi connectivity index (χ3n) is 3.57. The van der Waals surface area contributed by atoms with Gasteiger partial charge in [0.2, 0.25) is 0 Å². The number of aromatic amines is 1. The Morgan fingerprint density at radius 2 is 1.96 bits per heavy atom. The monoisotopic (exact) mass is 349 g/mol. The van der Waals surface area contributed by atoms with Gasteiger partial charge in [0, 0.05) is 13.0 Å². The van der Waals surface area contributed by atoms with Crippen molar-refractivity contribution < 1.29 is 13.6 Å². The van der Waals surface area contributed by atoms with Crippen molar-refractivity contribution in [2.75, 3.05) is 6.54 Å². The number of carbonyl (C=O) groups is 1. The van der Waals surface area contributed by atoms with Crippen LogP contribution in [0.3, 0.4) is 0 Å². The van der Waals surface area contributed by atoms with Crippen LogP contribution >= 0.6 is 11.6 Å². The van der Waals surface area contributed by atoms with Crippen LogP contribution in [0, 0.1) is 11.6 Å². The molecule has 0 aliphatic carbocycles. The number of para-hydroxylation sites is 2. The summed E-state index contributed by atoms with van der Waals surface area (Å²) in [6, 6.07) is 9.29. The van der Waals surface area contributed by atoms with Gasteiger partial charge in [-0.1, -0.05) is 23.7 Å². The summed E-state index contributed by atoms with van der Waals surface area (Å²) < 4.78 is 26.2. The summed E-state index contributed by atoms with van der Waals surface area (Å²) in [4.78, 5) is 19.6. The van der Waals surface area contributed by atoms with E-state index in [9.17, 15) is 13.6 Å². The van der Waals surface area contributed by atoms with E-state index in [-0.39, 0.29) is 10.6 Å². The number of aromatic nitrogens is 2. The van der Waals surface area contributed by atoms with Crippen LogP contribution in [0.5, 0.6) is 0 Å². The Bertz CT molecular complexity index is 862. The first-order chi connectivity index (χ1) is 11.5. The summed E-state index contributed by atoms with van der Waals surface area (Å²) in [5.74, 6) is -1.90. The van der Waals surface area contributed by atoms with Crippen LogP contribution in [0.25, 0.3) is 11.0 Å².